The van der Waals surface area contributed by atoms with E-state index in [1.807, 2.05) is 6.92 Å². The SMILES string of the molecule is Cc1ccc(OC(=O)OCSSCOC(=O)Oc2ccc([N+](=O)[O-])cc2)cc1. The number of ether oxygens (including phenoxy) is 4. The molecule has 0 N–H and O–H groups in total. The maximum absolute atomic E-state index is 11.5. The molecule has 0 radical (unpaired) electrons. The summed E-state index contributed by atoms with van der Waals surface area (Å²) in [5.74, 6) is 0.448. The summed E-state index contributed by atoms with van der Waals surface area (Å²) in [6, 6.07) is 11.9. The first-order valence-corrected chi connectivity index (χ1v) is 10.2. The zero-order valence-electron chi connectivity index (χ0n) is 14.6. The molecule has 2 aromatic carbocycles. The number of non-ortho nitro benzene ring substituents is 1. The number of nitro benzene ring substituents is 1. The van der Waals surface area contributed by atoms with Crippen LogP contribution in [0, 0.1) is 17.0 Å². The Kier molecular flexibility index (Phi) is 8.43. The highest BCUT2D eigenvalue weighted by Crippen LogP contribution is 2.22. The molecule has 0 unspecified atom stereocenters. The largest absolute Gasteiger partial charge is 0.514 e. The van der Waals surface area contributed by atoms with E-state index in [1.54, 1.807) is 24.3 Å². The molecule has 11 heteroatoms. The van der Waals surface area contributed by atoms with Crippen molar-refractivity contribution in [3.8, 4) is 11.5 Å². The van der Waals surface area contributed by atoms with Crippen LogP contribution in [0.5, 0.6) is 11.5 Å². The minimum absolute atomic E-state index is 0.00385. The predicted molar refractivity (Wildman–Crippen MR) is 103 cm³/mol. The Morgan fingerprint density at radius 2 is 1.29 bits per heavy atom. The van der Waals surface area contributed by atoms with Gasteiger partial charge in [-0.1, -0.05) is 17.7 Å². The van der Waals surface area contributed by atoms with E-state index in [1.165, 1.54) is 24.3 Å². The third-order valence-corrected chi connectivity index (χ3v) is 4.68. The molecule has 28 heavy (non-hydrogen) atoms. The molecule has 0 aliphatic rings. The summed E-state index contributed by atoms with van der Waals surface area (Å²) in [5, 5.41) is 10.5. The van der Waals surface area contributed by atoms with Crippen LogP contribution in [-0.4, -0.2) is 29.1 Å². The van der Waals surface area contributed by atoms with Crippen LogP contribution in [0.2, 0.25) is 0 Å². The van der Waals surface area contributed by atoms with Crippen LogP contribution in [0.4, 0.5) is 15.3 Å². The third kappa shape index (κ3) is 7.76. The average Bonchev–Trinajstić information content (AvgIpc) is 2.67. The monoisotopic (exact) mass is 425 g/mol. The van der Waals surface area contributed by atoms with Gasteiger partial charge in [0.2, 0.25) is 0 Å². The van der Waals surface area contributed by atoms with Crippen molar-refractivity contribution in [3.05, 3.63) is 64.2 Å². The van der Waals surface area contributed by atoms with Crippen LogP contribution in [0.25, 0.3) is 0 Å². The Bertz CT molecular complexity index is 811. The van der Waals surface area contributed by atoms with Crippen molar-refractivity contribution in [3.63, 3.8) is 0 Å². The van der Waals surface area contributed by atoms with E-state index in [9.17, 15) is 19.7 Å². The molecular formula is C17H15NO8S2. The maximum Gasteiger partial charge on any atom is 0.514 e. The molecule has 0 aromatic heterocycles. The summed E-state index contributed by atoms with van der Waals surface area (Å²) in [6.07, 6.45) is -1.79. The first kappa shape index (κ1) is 21.4. The molecule has 0 aliphatic carbocycles. The lowest BCUT2D eigenvalue weighted by Crippen LogP contribution is -2.11. The van der Waals surface area contributed by atoms with Crippen LogP contribution >= 0.6 is 21.6 Å². The van der Waals surface area contributed by atoms with Crippen molar-refractivity contribution >= 4 is 39.6 Å². The van der Waals surface area contributed by atoms with Gasteiger partial charge in [-0.05, 0) is 52.8 Å². The second-order valence-electron chi connectivity index (χ2n) is 5.03. The average molecular weight is 425 g/mol. The highest BCUT2D eigenvalue weighted by Gasteiger charge is 2.10. The van der Waals surface area contributed by atoms with Gasteiger partial charge in [-0.3, -0.25) is 10.1 Å². The molecular weight excluding hydrogens is 410 g/mol. The summed E-state index contributed by atoms with van der Waals surface area (Å²) < 4.78 is 19.5. The fourth-order valence-electron chi connectivity index (χ4n) is 1.71. The van der Waals surface area contributed by atoms with Crippen molar-refractivity contribution in [2.75, 3.05) is 11.9 Å². The van der Waals surface area contributed by atoms with Crippen molar-refractivity contribution in [2.45, 2.75) is 6.92 Å². The number of rotatable bonds is 8. The maximum atomic E-state index is 11.5. The Hall–Kier alpha value is -2.92. The van der Waals surface area contributed by atoms with Gasteiger partial charge in [0.15, 0.2) is 11.9 Å². The second kappa shape index (κ2) is 11.0. The number of carbonyl (C=O) groups is 2. The van der Waals surface area contributed by atoms with Gasteiger partial charge in [0.1, 0.15) is 11.5 Å². The first-order valence-electron chi connectivity index (χ1n) is 7.69. The van der Waals surface area contributed by atoms with Crippen molar-refractivity contribution in [2.24, 2.45) is 0 Å². The molecule has 0 aliphatic heterocycles. The van der Waals surface area contributed by atoms with Gasteiger partial charge < -0.3 is 18.9 Å². The van der Waals surface area contributed by atoms with E-state index in [4.69, 9.17) is 18.9 Å². The van der Waals surface area contributed by atoms with E-state index < -0.39 is 17.2 Å². The summed E-state index contributed by atoms with van der Waals surface area (Å²) in [6.45, 7) is 1.92. The molecule has 0 amide bonds. The van der Waals surface area contributed by atoms with Crippen LogP contribution < -0.4 is 9.47 Å². The van der Waals surface area contributed by atoms with E-state index in [0.29, 0.717) is 5.75 Å². The number of carbonyl (C=O) groups excluding carboxylic acids is 2. The van der Waals surface area contributed by atoms with Gasteiger partial charge >= 0.3 is 12.3 Å². The van der Waals surface area contributed by atoms with Gasteiger partial charge in [-0.25, -0.2) is 9.59 Å². The number of hydrogen-bond donors (Lipinski definition) is 0. The van der Waals surface area contributed by atoms with Gasteiger partial charge in [0, 0.05) is 12.1 Å². The standard InChI is InChI=1S/C17H15NO8S2/c1-12-2-6-14(7-3-12)25-16(19)23-10-27-28-11-24-17(20)26-15-8-4-13(5-9-15)18(21)22/h2-9H,10-11H2,1H3. The molecule has 2 aromatic rings. The van der Waals surface area contributed by atoms with Crippen molar-refractivity contribution in [1.82, 2.24) is 0 Å². The highest BCUT2D eigenvalue weighted by molar-refractivity contribution is 8.76. The molecule has 0 heterocycles. The molecule has 0 saturated carbocycles. The molecule has 0 saturated heterocycles. The normalized spacial score (nSPS) is 10.0. The summed E-state index contributed by atoms with van der Waals surface area (Å²) in [4.78, 5) is 33.0. The van der Waals surface area contributed by atoms with E-state index in [0.717, 1.165) is 27.2 Å². The smallest absolute Gasteiger partial charge is 0.422 e. The quantitative estimate of drug-likeness (QED) is 0.110. The van der Waals surface area contributed by atoms with E-state index >= 15 is 0 Å². The molecule has 0 bridgehead atoms. The molecule has 2 rings (SSSR count). The fourth-order valence-corrected chi connectivity index (χ4v) is 2.83. The van der Waals surface area contributed by atoms with Crippen LogP contribution in [0.3, 0.4) is 0 Å². The minimum Gasteiger partial charge on any atom is -0.422 e. The lowest BCUT2D eigenvalue weighted by Gasteiger charge is -2.06. The molecule has 0 spiro atoms. The predicted octanol–water partition coefficient (Wildman–Crippen LogP) is 4.93. The van der Waals surface area contributed by atoms with Crippen LogP contribution in [-0.2, 0) is 9.47 Å². The molecule has 0 fully saturated rings. The fraction of sp³-hybridized carbons (Fsp3) is 0.176. The van der Waals surface area contributed by atoms with Gasteiger partial charge in [-0.15, -0.1) is 0 Å². The van der Waals surface area contributed by atoms with Gasteiger partial charge in [0.25, 0.3) is 5.69 Å². The van der Waals surface area contributed by atoms with Crippen molar-refractivity contribution in [1.29, 1.82) is 0 Å². The Morgan fingerprint density at radius 1 is 0.857 bits per heavy atom. The highest BCUT2D eigenvalue weighted by atomic mass is 33.1. The third-order valence-electron chi connectivity index (χ3n) is 3.00. The Labute approximate surface area is 167 Å². The topological polar surface area (TPSA) is 114 Å². The number of benzene rings is 2. The molecule has 9 nitrogen and oxygen atoms in total. The van der Waals surface area contributed by atoms with Crippen molar-refractivity contribution < 1.29 is 33.5 Å². The summed E-state index contributed by atoms with van der Waals surface area (Å²) >= 11 is 0. The molecule has 0 atom stereocenters. The van der Waals surface area contributed by atoms with Crippen LogP contribution in [0.15, 0.2) is 48.5 Å². The number of hydrogen-bond acceptors (Lipinski definition) is 10. The lowest BCUT2D eigenvalue weighted by molar-refractivity contribution is -0.384. The van der Waals surface area contributed by atoms with Crippen LogP contribution in [0.1, 0.15) is 5.56 Å². The number of nitrogens with zero attached hydrogens (tertiary/aromatic N) is 1. The summed E-state index contributed by atoms with van der Waals surface area (Å²) in [7, 11) is 2.25. The summed E-state index contributed by atoms with van der Waals surface area (Å²) in [5.41, 5.74) is 0.924. The van der Waals surface area contributed by atoms with E-state index in [-0.39, 0.29) is 23.3 Å². The first-order chi connectivity index (χ1) is 13.4. The lowest BCUT2D eigenvalue weighted by atomic mass is 10.2. The van der Waals surface area contributed by atoms with Gasteiger partial charge in [0.05, 0.1) is 4.92 Å². The Balaban J connectivity index is 1.55. The zero-order chi connectivity index (χ0) is 20.4. The van der Waals surface area contributed by atoms with Gasteiger partial charge in [-0.2, -0.15) is 0 Å². The van der Waals surface area contributed by atoms with E-state index in [2.05, 4.69) is 0 Å². The number of nitro groups is 1. The zero-order valence-corrected chi connectivity index (χ0v) is 16.2. The Morgan fingerprint density at radius 3 is 1.71 bits per heavy atom. The minimum atomic E-state index is -0.957. The number of aryl methyl sites for hydroxylation is 1. The second-order valence-corrected chi connectivity index (χ2v) is 7.39. The molecule has 148 valence electrons.